The van der Waals surface area contributed by atoms with Gasteiger partial charge >= 0.3 is 0 Å². The zero-order valence-corrected chi connectivity index (χ0v) is 20.8. The van der Waals surface area contributed by atoms with Crippen LogP contribution in [0.3, 0.4) is 0 Å². The van der Waals surface area contributed by atoms with E-state index in [4.69, 9.17) is 0 Å². The molecule has 0 aliphatic rings. The average Bonchev–Trinajstić information content (AvgIpc) is 2.79. The zero-order chi connectivity index (χ0) is 26.5. The van der Waals surface area contributed by atoms with Crippen molar-refractivity contribution >= 4 is 27.5 Å². The number of sulfonamides is 1. The van der Waals surface area contributed by atoms with E-state index in [0.29, 0.717) is 11.3 Å². The van der Waals surface area contributed by atoms with Crippen LogP contribution < -0.4 is 15.4 Å². The summed E-state index contributed by atoms with van der Waals surface area (Å²) >= 11 is 0. The highest BCUT2D eigenvalue weighted by molar-refractivity contribution is 7.89. The Bertz CT molecular complexity index is 1320. The minimum atomic E-state index is -3.75. The molecule has 7 nitrogen and oxygen atoms in total. The second-order valence-electron chi connectivity index (χ2n) is 9.23. The molecule has 0 aliphatic carbocycles. The predicted molar refractivity (Wildman–Crippen MR) is 133 cm³/mol. The molecule has 0 saturated heterocycles. The summed E-state index contributed by atoms with van der Waals surface area (Å²) in [4.78, 5) is 25.8. The van der Waals surface area contributed by atoms with Gasteiger partial charge in [-0.1, -0.05) is 12.1 Å². The molecule has 2 amide bonds. The van der Waals surface area contributed by atoms with E-state index in [0.717, 1.165) is 12.1 Å². The maximum absolute atomic E-state index is 13.3. The summed E-state index contributed by atoms with van der Waals surface area (Å²) in [6, 6.07) is 14.9. The van der Waals surface area contributed by atoms with Gasteiger partial charge in [0, 0.05) is 23.2 Å². The van der Waals surface area contributed by atoms with Gasteiger partial charge in [0.25, 0.3) is 5.91 Å². The summed E-state index contributed by atoms with van der Waals surface area (Å²) in [5.41, 5.74) is 0.414. The molecule has 3 aromatic rings. The van der Waals surface area contributed by atoms with E-state index >= 15 is 0 Å². The topological polar surface area (TPSA) is 104 Å². The van der Waals surface area contributed by atoms with Crippen LogP contribution in [0.25, 0.3) is 0 Å². The minimum absolute atomic E-state index is 0.0305. The summed E-state index contributed by atoms with van der Waals surface area (Å²) in [5.74, 6) is -2.11. The van der Waals surface area contributed by atoms with Crippen molar-refractivity contribution in [2.75, 3.05) is 5.32 Å². The zero-order valence-electron chi connectivity index (χ0n) is 20.0. The van der Waals surface area contributed by atoms with E-state index in [1.54, 1.807) is 20.8 Å². The molecule has 0 radical (unpaired) electrons. The summed E-state index contributed by atoms with van der Waals surface area (Å²) in [7, 11) is -3.75. The number of hydrogen-bond acceptors (Lipinski definition) is 4. The Morgan fingerprint density at radius 2 is 1.36 bits per heavy atom. The Labute approximate surface area is 209 Å². The van der Waals surface area contributed by atoms with Gasteiger partial charge in [0.1, 0.15) is 17.7 Å². The van der Waals surface area contributed by atoms with E-state index in [-0.39, 0.29) is 16.9 Å². The molecule has 0 aromatic heterocycles. The van der Waals surface area contributed by atoms with Crippen LogP contribution in [0, 0.1) is 11.6 Å². The molecule has 0 spiro atoms. The maximum atomic E-state index is 13.3. The first-order valence-electron chi connectivity index (χ1n) is 11.1. The molecule has 36 heavy (non-hydrogen) atoms. The SMILES string of the molecule is CC(C)(C)NS(=O)(=O)c1ccc(NC(=O)C(Cc2ccc(F)cc2)NC(=O)c2ccc(F)cc2)cc1. The van der Waals surface area contributed by atoms with Crippen molar-refractivity contribution in [3.05, 3.63) is 95.6 Å². The molecule has 0 bridgehead atoms. The number of carbonyl (C=O) groups is 2. The fourth-order valence-electron chi connectivity index (χ4n) is 3.32. The van der Waals surface area contributed by atoms with Gasteiger partial charge in [-0.15, -0.1) is 0 Å². The maximum Gasteiger partial charge on any atom is 0.251 e. The van der Waals surface area contributed by atoms with Crippen LogP contribution in [0.15, 0.2) is 77.7 Å². The van der Waals surface area contributed by atoms with Crippen LogP contribution in [0.5, 0.6) is 0 Å². The molecule has 0 heterocycles. The van der Waals surface area contributed by atoms with Crippen molar-refractivity contribution < 1.29 is 26.8 Å². The van der Waals surface area contributed by atoms with Gasteiger partial charge in [0.2, 0.25) is 15.9 Å². The lowest BCUT2D eigenvalue weighted by molar-refractivity contribution is -0.118. The third-order valence-corrected chi connectivity index (χ3v) is 6.73. The van der Waals surface area contributed by atoms with Crippen LogP contribution in [-0.4, -0.2) is 31.8 Å². The number of rotatable bonds is 8. The fraction of sp³-hybridized carbons (Fsp3) is 0.231. The average molecular weight is 516 g/mol. The predicted octanol–water partition coefficient (Wildman–Crippen LogP) is 4.02. The minimum Gasteiger partial charge on any atom is -0.340 e. The highest BCUT2D eigenvalue weighted by Crippen LogP contribution is 2.17. The molecular formula is C26H27F2N3O4S. The summed E-state index contributed by atoms with van der Waals surface area (Å²) in [6.45, 7) is 5.17. The molecule has 0 fully saturated rings. The van der Waals surface area contributed by atoms with Gasteiger partial charge in [-0.3, -0.25) is 9.59 Å². The van der Waals surface area contributed by atoms with E-state index in [1.165, 1.54) is 60.7 Å². The van der Waals surface area contributed by atoms with Gasteiger partial charge in [0.05, 0.1) is 4.90 Å². The number of carbonyl (C=O) groups excluding carboxylic acids is 2. The smallest absolute Gasteiger partial charge is 0.251 e. The lowest BCUT2D eigenvalue weighted by Gasteiger charge is -2.21. The standard InChI is InChI=1S/C26H27F2N3O4S/c1-26(2,3)31-36(34,35)22-14-12-21(13-15-22)29-25(33)23(16-17-4-8-19(27)9-5-17)30-24(32)18-6-10-20(28)11-7-18/h4-15,23,31H,16H2,1-3H3,(H,29,33)(H,30,32). The lowest BCUT2D eigenvalue weighted by Crippen LogP contribution is -2.45. The van der Waals surface area contributed by atoms with Crippen molar-refractivity contribution in [3.63, 3.8) is 0 Å². The first kappa shape index (κ1) is 27.0. The Hall–Kier alpha value is -3.63. The number of amides is 2. The number of benzene rings is 3. The van der Waals surface area contributed by atoms with E-state index < -0.39 is 45.1 Å². The quantitative estimate of drug-likeness (QED) is 0.422. The van der Waals surface area contributed by atoms with Gasteiger partial charge in [0.15, 0.2) is 0 Å². The van der Waals surface area contributed by atoms with Crippen molar-refractivity contribution in [2.24, 2.45) is 0 Å². The highest BCUT2D eigenvalue weighted by Gasteiger charge is 2.24. The number of nitrogens with one attached hydrogen (secondary N) is 3. The van der Waals surface area contributed by atoms with E-state index in [2.05, 4.69) is 15.4 Å². The largest absolute Gasteiger partial charge is 0.340 e. The Morgan fingerprint density at radius 3 is 1.89 bits per heavy atom. The monoisotopic (exact) mass is 515 g/mol. The summed E-state index contributed by atoms with van der Waals surface area (Å²) in [5, 5.41) is 5.29. The van der Waals surface area contributed by atoms with E-state index in [1.807, 2.05) is 0 Å². The van der Waals surface area contributed by atoms with Gasteiger partial charge in [-0.05, 0) is 87.0 Å². The van der Waals surface area contributed by atoms with Crippen molar-refractivity contribution in [3.8, 4) is 0 Å². The molecule has 1 unspecified atom stereocenters. The summed E-state index contributed by atoms with van der Waals surface area (Å²) < 4.78 is 54.1. The molecule has 3 rings (SSSR count). The molecule has 0 aliphatic heterocycles. The molecule has 1 atom stereocenters. The number of anilines is 1. The van der Waals surface area contributed by atoms with Crippen LogP contribution in [-0.2, 0) is 21.2 Å². The summed E-state index contributed by atoms with van der Waals surface area (Å²) in [6.07, 6.45) is 0.0566. The second kappa shape index (κ2) is 11.0. The molecule has 190 valence electrons. The van der Waals surface area contributed by atoms with Crippen LogP contribution in [0.1, 0.15) is 36.7 Å². The van der Waals surface area contributed by atoms with Crippen LogP contribution in [0.4, 0.5) is 14.5 Å². The van der Waals surface area contributed by atoms with Crippen LogP contribution in [0.2, 0.25) is 0 Å². The van der Waals surface area contributed by atoms with Gasteiger partial charge < -0.3 is 10.6 Å². The van der Waals surface area contributed by atoms with Crippen molar-refractivity contribution in [2.45, 2.75) is 43.7 Å². The third kappa shape index (κ3) is 7.69. The first-order chi connectivity index (χ1) is 16.8. The number of halogens is 2. The van der Waals surface area contributed by atoms with Gasteiger partial charge in [-0.2, -0.15) is 0 Å². The van der Waals surface area contributed by atoms with E-state index in [9.17, 15) is 26.8 Å². The second-order valence-corrected chi connectivity index (χ2v) is 10.9. The number of hydrogen-bond donors (Lipinski definition) is 3. The first-order valence-corrected chi connectivity index (χ1v) is 12.6. The lowest BCUT2D eigenvalue weighted by atomic mass is 10.0. The fourth-order valence-corrected chi connectivity index (χ4v) is 4.74. The third-order valence-electron chi connectivity index (χ3n) is 4.95. The van der Waals surface area contributed by atoms with Crippen molar-refractivity contribution in [1.82, 2.24) is 10.0 Å². The van der Waals surface area contributed by atoms with Crippen molar-refractivity contribution in [1.29, 1.82) is 0 Å². The molecule has 3 aromatic carbocycles. The van der Waals surface area contributed by atoms with Crippen LogP contribution >= 0.6 is 0 Å². The Balaban J connectivity index is 1.78. The molecular weight excluding hydrogens is 488 g/mol. The molecule has 3 N–H and O–H groups in total. The molecule has 10 heteroatoms. The Kier molecular flexibility index (Phi) is 8.21. The molecule has 0 saturated carbocycles. The normalized spacial score (nSPS) is 12.6. The Morgan fingerprint density at radius 1 is 0.833 bits per heavy atom. The van der Waals surface area contributed by atoms with Gasteiger partial charge in [-0.25, -0.2) is 21.9 Å². The highest BCUT2D eigenvalue weighted by atomic mass is 32.2.